The molecule has 0 radical (unpaired) electrons. The van der Waals surface area contributed by atoms with Gasteiger partial charge in [-0.1, -0.05) is 18.6 Å². The van der Waals surface area contributed by atoms with Gasteiger partial charge < -0.3 is 9.84 Å². The third kappa shape index (κ3) is 1.99. The summed E-state index contributed by atoms with van der Waals surface area (Å²) in [6.07, 6.45) is 12.8. The molecule has 0 saturated heterocycles. The highest BCUT2D eigenvalue weighted by molar-refractivity contribution is 5.21. The first-order chi connectivity index (χ1) is 10.5. The largest absolute Gasteiger partial charge is 0.390 e. The monoisotopic (exact) mass is 304 g/mol. The van der Waals surface area contributed by atoms with Gasteiger partial charge in [0.05, 0.1) is 11.7 Å². The maximum absolute atomic E-state index is 10.9. The molecule has 0 aromatic carbocycles. The van der Waals surface area contributed by atoms with Crippen molar-refractivity contribution in [2.75, 3.05) is 7.11 Å². The van der Waals surface area contributed by atoms with E-state index in [4.69, 9.17) is 4.74 Å². The Morgan fingerprint density at radius 2 is 1.86 bits per heavy atom. The summed E-state index contributed by atoms with van der Waals surface area (Å²) in [6.45, 7) is 4.49. The Hall–Kier alpha value is -0.340. The Balaban J connectivity index is 1.60. The SMILES string of the molecule is CO[C@@H]1C=C2CC[C@@H]3[C@H](CC[C@@]4(C)[C@H]3CC[C@@]4(C)O)[C@H]2CC1. The molecule has 124 valence electrons. The van der Waals surface area contributed by atoms with Crippen LogP contribution in [0.1, 0.15) is 65.2 Å². The van der Waals surface area contributed by atoms with Crippen LogP contribution in [0.25, 0.3) is 0 Å². The first-order valence-electron chi connectivity index (χ1n) is 9.42. The van der Waals surface area contributed by atoms with Crippen molar-refractivity contribution in [2.24, 2.45) is 29.1 Å². The van der Waals surface area contributed by atoms with E-state index in [0.717, 1.165) is 30.1 Å². The van der Waals surface area contributed by atoms with Gasteiger partial charge in [-0.25, -0.2) is 0 Å². The van der Waals surface area contributed by atoms with Crippen molar-refractivity contribution in [3.05, 3.63) is 11.6 Å². The quantitative estimate of drug-likeness (QED) is 0.731. The minimum absolute atomic E-state index is 0.166. The lowest BCUT2D eigenvalue weighted by atomic mass is 9.51. The van der Waals surface area contributed by atoms with E-state index in [1.165, 1.54) is 44.9 Å². The van der Waals surface area contributed by atoms with Crippen LogP contribution in [0.15, 0.2) is 11.6 Å². The van der Waals surface area contributed by atoms with E-state index in [1.54, 1.807) is 5.57 Å². The van der Waals surface area contributed by atoms with Gasteiger partial charge in [0, 0.05) is 7.11 Å². The van der Waals surface area contributed by atoms with E-state index in [9.17, 15) is 5.11 Å². The van der Waals surface area contributed by atoms with Gasteiger partial charge in [-0.15, -0.1) is 0 Å². The summed E-state index contributed by atoms with van der Waals surface area (Å²) in [4.78, 5) is 0. The van der Waals surface area contributed by atoms with Gasteiger partial charge in [-0.3, -0.25) is 0 Å². The highest BCUT2D eigenvalue weighted by Crippen LogP contribution is 2.64. The van der Waals surface area contributed by atoms with Crippen LogP contribution in [-0.2, 0) is 4.74 Å². The average Bonchev–Trinajstić information content (AvgIpc) is 2.76. The molecular formula is C20H32O2. The summed E-state index contributed by atoms with van der Waals surface area (Å²) in [6, 6.07) is 0. The molecule has 0 amide bonds. The Bertz CT molecular complexity index is 480. The molecule has 3 fully saturated rings. The second-order valence-corrected chi connectivity index (χ2v) is 8.94. The molecule has 0 unspecified atom stereocenters. The molecule has 4 aliphatic rings. The molecule has 3 saturated carbocycles. The molecule has 0 aromatic rings. The van der Waals surface area contributed by atoms with Crippen LogP contribution in [-0.4, -0.2) is 23.9 Å². The van der Waals surface area contributed by atoms with Crippen LogP contribution < -0.4 is 0 Å². The number of methoxy groups -OCH3 is 1. The third-order valence-corrected chi connectivity index (χ3v) is 8.28. The molecule has 0 spiro atoms. The summed E-state index contributed by atoms with van der Waals surface area (Å²) in [7, 11) is 1.85. The maximum atomic E-state index is 10.9. The lowest BCUT2D eigenvalue weighted by Gasteiger charge is -2.55. The van der Waals surface area contributed by atoms with Gasteiger partial charge in [0.2, 0.25) is 0 Å². The minimum atomic E-state index is -0.438. The first kappa shape index (κ1) is 15.2. The molecule has 0 aliphatic heterocycles. The van der Waals surface area contributed by atoms with Gasteiger partial charge >= 0.3 is 0 Å². The zero-order chi connectivity index (χ0) is 15.5. The number of hydrogen-bond donors (Lipinski definition) is 1. The van der Waals surface area contributed by atoms with Crippen LogP contribution in [0.3, 0.4) is 0 Å². The van der Waals surface area contributed by atoms with Crippen molar-refractivity contribution < 1.29 is 9.84 Å². The number of allylic oxidation sites excluding steroid dienone is 1. The van der Waals surface area contributed by atoms with Crippen LogP contribution in [0.5, 0.6) is 0 Å². The van der Waals surface area contributed by atoms with Gasteiger partial charge in [0.25, 0.3) is 0 Å². The summed E-state index contributed by atoms with van der Waals surface area (Å²) in [5.41, 5.74) is 1.43. The molecular weight excluding hydrogens is 272 g/mol. The molecule has 2 heteroatoms. The van der Waals surface area contributed by atoms with E-state index >= 15 is 0 Å². The highest BCUT2D eigenvalue weighted by atomic mass is 16.5. The van der Waals surface area contributed by atoms with Crippen molar-refractivity contribution in [3.63, 3.8) is 0 Å². The molecule has 0 heterocycles. The normalized spacial score (nSPS) is 54.2. The van der Waals surface area contributed by atoms with Gasteiger partial charge in [-0.2, -0.15) is 0 Å². The van der Waals surface area contributed by atoms with Crippen molar-refractivity contribution in [2.45, 2.75) is 76.9 Å². The van der Waals surface area contributed by atoms with Gasteiger partial charge in [0.15, 0.2) is 0 Å². The standard InChI is InChI=1S/C20H32O2/c1-19-10-8-16-15-7-5-14(22-3)12-13(15)4-6-17(16)18(19)9-11-20(19,2)21/h12,14-18,21H,4-11H2,1-3H3/t14-,15-,16+,17+,18-,19-,20+/m0/s1. The zero-order valence-corrected chi connectivity index (χ0v) is 14.5. The zero-order valence-electron chi connectivity index (χ0n) is 14.5. The average molecular weight is 304 g/mol. The van der Waals surface area contributed by atoms with Crippen molar-refractivity contribution in [1.82, 2.24) is 0 Å². The van der Waals surface area contributed by atoms with Crippen LogP contribution in [0.4, 0.5) is 0 Å². The lowest BCUT2D eigenvalue weighted by molar-refractivity contribution is -0.107. The number of hydrogen-bond acceptors (Lipinski definition) is 2. The molecule has 2 nitrogen and oxygen atoms in total. The fourth-order valence-electron chi connectivity index (χ4n) is 6.73. The molecule has 4 rings (SSSR count). The van der Waals surface area contributed by atoms with Crippen LogP contribution in [0, 0.1) is 29.1 Å². The number of fused-ring (bicyclic) bond motifs is 5. The third-order valence-electron chi connectivity index (χ3n) is 8.28. The van der Waals surface area contributed by atoms with E-state index < -0.39 is 5.60 Å². The molecule has 22 heavy (non-hydrogen) atoms. The van der Waals surface area contributed by atoms with Gasteiger partial charge in [-0.05, 0) is 87.4 Å². The van der Waals surface area contributed by atoms with Crippen molar-refractivity contribution in [3.8, 4) is 0 Å². The predicted molar refractivity (Wildman–Crippen MR) is 88.5 cm³/mol. The predicted octanol–water partition coefficient (Wildman–Crippen LogP) is 4.33. The fraction of sp³-hybridized carbons (Fsp3) is 0.900. The molecule has 1 N–H and O–H groups in total. The summed E-state index contributed by atoms with van der Waals surface area (Å²) in [5, 5.41) is 10.9. The van der Waals surface area contributed by atoms with E-state index in [-0.39, 0.29) is 5.41 Å². The Morgan fingerprint density at radius 1 is 1.05 bits per heavy atom. The number of ether oxygens (including phenoxy) is 1. The highest BCUT2D eigenvalue weighted by Gasteiger charge is 2.60. The molecule has 0 aromatic heterocycles. The Labute approximate surface area is 135 Å². The summed E-state index contributed by atoms with van der Waals surface area (Å²) < 4.78 is 5.58. The summed E-state index contributed by atoms with van der Waals surface area (Å²) >= 11 is 0. The van der Waals surface area contributed by atoms with Crippen molar-refractivity contribution in [1.29, 1.82) is 0 Å². The number of aliphatic hydroxyl groups is 1. The fourth-order valence-corrected chi connectivity index (χ4v) is 6.73. The Kier molecular flexibility index (Phi) is 3.51. The molecule has 4 aliphatic carbocycles. The minimum Gasteiger partial charge on any atom is -0.390 e. The van der Waals surface area contributed by atoms with Gasteiger partial charge in [0.1, 0.15) is 0 Å². The summed E-state index contributed by atoms with van der Waals surface area (Å²) in [5.74, 6) is 3.31. The van der Waals surface area contributed by atoms with Crippen LogP contribution in [0.2, 0.25) is 0 Å². The Morgan fingerprint density at radius 3 is 2.64 bits per heavy atom. The van der Waals surface area contributed by atoms with E-state index in [0.29, 0.717) is 6.10 Å². The van der Waals surface area contributed by atoms with Crippen molar-refractivity contribution >= 4 is 0 Å². The first-order valence-corrected chi connectivity index (χ1v) is 9.42. The number of rotatable bonds is 1. The second-order valence-electron chi connectivity index (χ2n) is 8.94. The van der Waals surface area contributed by atoms with E-state index in [2.05, 4.69) is 19.9 Å². The lowest BCUT2D eigenvalue weighted by Crippen LogP contribution is -2.51. The smallest absolute Gasteiger partial charge is 0.0754 e. The second kappa shape index (κ2) is 5.08. The van der Waals surface area contributed by atoms with E-state index in [1.807, 2.05) is 7.11 Å². The topological polar surface area (TPSA) is 29.5 Å². The molecule has 0 bridgehead atoms. The maximum Gasteiger partial charge on any atom is 0.0754 e. The van der Waals surface area contributed by atoms with Crippen LogP contribution >= 0.6 is 0 Å². The molecule has 7 atom stereocenters.